The Morgan fingerprint density at radius 3 is 1.96 bits per heavy atom. The number of amides is 1. The first-order valence-corrected chi connectivity index (χ1v) is 8.53. The minimum atomic E-state index is -0.501. The quantitative estimate of drug-likeness (QED) is 0.783. The molecule has 0 radical (unpaired) electrons. The van der Waals surface area contributed by atoms with E-state index in [1.165, 1.54) is 0 Å². The molecule has 0 saturated carbocycles. The van der Waals surface area contributed by atoms with Crippen molar-refractivity contribution in [3.8, 4) is 0 Å². The van der Waals surface area contributed by atoms with Crippen molar-refractivity contribution in [3.05, 3.63) is 0 Å². The van der Waals surface area contributed by atoms with Crippen molar-refractivity contribution in [2.45, 2.75) is 85.9 Å². The SMILES string of the molecule is CC(C)(C)OC(=O)N(CCNC(CCO)C(C)(C)C)C(C)(C)C. The predicted molar refractivity (Wildman–Crippen MR) is 95.6 cm³/mol. The largest absolute Gasteiger partial charge is 0.444 e. The highest BCUT2D eigenvalue weighted by molar-refractivity contribution is 5.69. The summed E-state index contributed by atoms with van der Waals surface area (Å²) in [7, 11) is 0. The van der Waals surface area contributed by atoms with Crippen molar-refractivity contribution in [2.75, 3.05) is 19.7 Å². The van der Waals surface area contributed by atoms with Gasteiger partial charge in [-0.05, 0) is 53.4 Å². The lowest BCUT2D eigenvalue weighted by Crippen LogP contribution is -2.52. The minimum absolute atomic E-state index is 0.0568. The summed E-state index contributed by atoms with van der Waals surface area (Å²) in [6, 6.07) is 0.202. The molecular weight excluding hydrogens is 292 g/mol. The van der Waals surface area contributed by atoms with Gasteiger partial charge < -0.3 is 20.1 Å². The Bertz CT molecular complexity index is 362. The van der Waals surface area contributed by atoms with Crippen molar-refractivity contribution >= 4 is 6.09 Å². The third-order valence-corrected chi connectivity index (χ3v) is 3.61. The van der Waals surface area contributed by atoms with Gasteiger partial charge in [0.1, 0.15) is 5.60 Å². The van der Waals surface area contributed by atoms with Gasteiger partial charge in [0, 0.05) is 31.3 Å². The van der Waals surface area contributed by atoms with Gasteiger partial charge in [-0.2, -0.15) is 0 Å². The van der Waals surface area contributed by atoms with Crippen molar-refractivity contribution < 1.29 is 14.6 Å². The second-order valence-corrected chi connectivity index (χ2v) is 9.19. The summed E-state index contributed by atoms with van der Waals surface area (Å²) in [5.41, 5.74) is -0.752. The van der Waals surface area contributed by atoms with Crippen LogP contribution >= 0.6 is 0 Å². The molecule has 0 rings (SSSR count). The molecule has 0 spiro atoms. The molecule has 138 valence electrons. The van der Waals surface area contributed by atoms with E-state index in [9.17, 15) is 9.90 Å². The van der Waals surface area contributed by atoms with Crippen molar-refractivity contribution in [2.24, 2.45) is 5.41 Å². The third-order valence-electron chi connectivity index (χ3n) is 3.61. The maximum Gasteiger partial charge on any atom is 0.410 e. The summed E-state index contributed by atoms with van der Waals surface area (Å²) in [6.45, 7) is 19.5. The predicted octanol–water partition coefficient (Wildman–Crippen LogP) is 3.41. The van der Waals surface area contributed by atoms with Crippen LogP contribution in [0.2, 0.25) is 0 Å². The summed E-state index contributed by atoms with van der Waals surface area (Å²) >= 11 is 0. The summed E-state index contributed by atoms with van der Waals surface area (Å²) in [6.07, 6.45) is 0.409. The first-order valence-electron chi connectivity index (χ1n) is 8.53. The molecule has 1 unspecified atom stereocenters. The van der Waals surface area contributed by atoms with E-state index in [0.717, 1.165) is 0 Å². The summed E-state index contributed by atoms with van der Waals surface area (Å²) in [5.74, 6) is 0. The molecule has 0 aliphatic rings. The lowest BCUT2D eigenvalue weighted by atomic mass is 9.85. The molecule has 0 aliphatic carbocycles. The van der Waals surface area contributed by atoms with E-state index in [1.54, 1.807) is 4.90 Å². The fourth-order valence-corrected chi connectivity index (χ4v) is 2.34. The molecule has 1 atom stereocenters. The number of carbonyl (C=O) groups excluding carboxylic acids is 1. The average Bonchev–Trinajstić information content (AvgIpc) is 2.27. The highest BCUT2D eigenvalue weighted by Crippen LogP contribution is 2.22. The molecule has 2 N–H and O–H groups in total. The molecule has 0 heterocycles. The van der Waals surface area contributed by atoms with E-state index in [0.29, 0.717) is 19.5 Å². The summed E-state index contributed by atoms with van der Waals surface area (Å²) in [4.78, 5) is 14.2. The monoisotopic (exact) mass is 330 g/mol. The molecule has 0 saturated heterocycles. The van der Waals surface area contributed by atoms with Crippen LogP contribution in [0.1, 0.15) is 68.7 Å². The molecule has 0 aromatic carbocycles. The van der Waals surface area contributed by atoms with Gasteiger partial charge in [-0.1, -0.05) is 20.8 Å². The van der Waals surface area contributed by atoms with Gasteiger partial charge in [0.25, 0.3) is 0 Å². The number of hydrogen-bond acceptors (Lipinski definition) is 4. The van der Waals surface area contributed by atoms with Crippen LogP contribution in [0.15, 0.2) is 0 Å². The van der Waals surface area contributed by atoms with Crippen LogP contribution < -0.4 is 5.32 Å². The van der Waals surface area contributed by atoms with Crippen LogP contribution in [-0.4, -0.2) is 53.0 Å². The van der Waals surface area contributed by atoms with Crippen molar-refractivity contribution in [1.82, 2.24) is 10.2 Å². The third kappa shape index (κ3) is 9.16. The Labute approximate surface area is 142 Å². The first-order chi connectivity index (χ1) is 10.2. The van der Waals surface area contributed by atoms with Gasteiger partial charge in [-0.15, -0.1) is 0 Å². The highest BCUT2D eigenvalue weighted by atomic mass is 16.6. The van der Waals surface area contributed by atoms with Crippen LogP contribution in [0, 0.1) is 5.41 Å². The van der Waals surface area contributed by atoms with Gasteiger partial charge in [0.15, 0.2) is 0 Å². The van der Waals surface area contributed by atoms with Crippen LogP contribution in [0.25, 0.3) is 0 Å². The number of rotatable bonds is 6. The Balaban J connectivity index is 4.78. The zero-order valence-electron chi connectivity index (χ0n) is 16.6. The van der Waals surface area contributed by atoms with E-state index >= 15 is 0 Å². The number of nitrogens with zero attached hydrogens (tertiary/aromatic N) is 1. The number of nitrogens with one attached hydrogen (secondary N) is 1. The highest BCUT2D eigenvalue weighted by Gasteiger charge is 2.31. The van der Waals surface area contributed by atoms with E-state index in [1.807, 2.05) is 41.5 Å². The maximum atomic E-state index is 12.4. The van der Waals surface area contributed by atoms with Crippen LogP contribution in [0.3, 0.4) is 0 Å². The normalized spacial score (nSPS) is 14.5. The molecule has 1 amide bonds. The van der Waals surface area contributed by atoms with Crippen LogP contribution in [0.4, 0.5) is 4.79 Å². The topological polar surface area (TPSA) is 61.8 Å². The number of carbonyl (C=O) groups is 1. The van der Waals surface area contributed by atoms with E-state index in [4.69, 9.17) is 4.74 Å². The van der Waals surface area contributed by atoms with Crippen LogP contribution in [-0.2, 0) is 4.74 Å². The molecule has 5 nitrogen and oxygen atoms in total. The smallest absolute Gasteiger partial charge is 0.410 e. The summed E-state index contributed by atoms with van der Waals surface area (Å²) in [5, 5.41) is 12.7. The molecule has 23 heavy (non-hydrogen) atoms. The van der Waals surface area contributed by atoms with E-state index in [2.05, 4.69) is 26.1 Å². The number of hydrogen-bond donors (Lipinski definition) is 2. The van der Waals surface area contributed by atoms with E-state index in [-0.39, 0.29) is 29.7 Å². The lowest BCUT2D eigenvalue weighted by Gasteiger charge is -2.38. The van der Waals surface area contributed by atoms with Gasteiger partial charge >= 0.3 is 6.09 Å². The molecule has 0 aromatic heterocycles. The Morgan fingerprint density at radius 1 is 1.09 bits per heavy atom. The number of aliphatic hydroxyl groups is 1. The first kappa shape index (κ1) is 22.2. The fourth-order valence-electron chi connectivity index (χ4n) is 2.34. The Morgan fingerprint density at radius 2 is 1.61 bits per heavy atom. The van der Waals surface area contributed by atoms with Crippen molar-refractivity contribution in [3.63, 3.8) is 0 Å². The summed E-state index contributed by atoms with van der Waals surface area (Å²) < 4.78 is 5.52. The molecule has 0 bridgehead atoms. The van der Waals surface area contributed by atoms with Gasteiger partial charge in [0.05, 0.1) is 0 Å². The van der Waals surface area contributed by atoms with E-state index < -0.39 is 5.60 Å². The zero-order chi connectivity index (χ0) is 18.5. The van der Waals surface area contributed by atoms with Gasteiger partial charge in [-0.3, -0.25) is 0 Å². The maximum absolute atomic E-state index is 12.4. The second kappa shape index (κ2) is 8.34. The van der Waals surface area contributed by atoms with Gasteiger partial charge in [0.2, 0.25) is 0 Å². The molecule has 0 aliphatic heterocycles. The minimum Gasteiger partial charge on any atom is -0.444 e. The second-order valence-electron chi connectivity index (χ2n) is 9.19. The average molecular weight is 331 g/mol. The Kier molecular flexibility index (Phi) is 8.04. The molecule has 0 fully saturated rings. The van der Waals surface area contributed by atoms with Gasteiger partial charge in [-0.25, -0.2) is 4.79 Å². The fraction of sp³-hybridized carbons (Fsp3) is 0.944. The van der Waals surface area contributed by atoms with Crippen molar-refractivity contribution in [1.29, 1.82) is 0 Å². The standard InChI is InChI=1S/C18H38N2O3/c1-16(2,3)14(10-13-21)19-11-12-20(17(4,5)6)15(22)23-18(7,8)9/h14,19,21H,10-13H2,1-9H3. The molecule has 5 heteroatoms. The zero-order valence-corrected chi connectivity index (χ0v) is 16.6. The lowest BCUT2D eigenvalue weighted by molar-refractivity contribution is 0.00611. The van der Waals surface area contributed by atoms with Crippen LogP contribution in [0.5, 0.6) is 0 Å². The number of ether oxygens (including phenoxy) is 1. The Hall–Kier alpha value is -0.810. The molecule has 0 aromatic rings. The number of aliphatic hydroxyl groups excluding tert-OH is 1. The molecular formula is C18H38N2O3.